The van der Waals surface area contributed by atoms with Crippen molar-refractivity contribution in [1.82, 2.24) is 9.97 Å². The van der Waals surface area contributed by atoms with Gasteiger partial charge in [0.1, 0.15) is 5.01 Å². The molecule has 2 heterocycles. The Morgan fingerprint density at radius 1 is 1.12 bits per heavy atom. The highest BCUT2D eigenvalue weighted by Crippen LogP contribution is 2.34. The number of nitro groups is 1. The zero-order valence-electron chi connectivity index (χ0n) is 12.8. The summed E-state index contributed by atoms with van der Waals surface area (Å²) in [6.07, 6.45) is 0. The van der Waals surface area contributed by atoms with E-state index in [1.54, 1.807) is 35.2 Å². The number of fused-ring (bicyclic) bond motifs is 1. The van der Waals surface area contributed by atoms with Gasteiger partial charge in [-0.2, -0.15) is 0 Å². The van der Waals surface area contributed by atoms with E-state index in [2.05, 4.69) is 27.5 Å². The maximum Gasteiger partial charge on any atom is 0.270 e. The number of hydrogen-bond acceptors (Lipinski definition) is 7. The van der Waals surface area contributed by atoms with Crippen molar-refractivity contribution in [1.29, 1.82) is 0 Å². The average Bonchev–Trinajstić information content (AvgIpc) is 3.26. The fourth-order valence-corrected chi connectivity index (χ4v) is 5.22. The minimum absolute atomic E-state index is 0.0969. The van der Waals surface area contributed by atoms with Gasteiger partial charge in [-0.05, 0) is 6.07 Å². The number of non-ortho nitro benzene ring substituents is 1. The first-order valence-corrected chi connectivity index (χ1v) is 10.0. The molecule has 0 N–H and O–H groups in total. The third kappa shape index (κ3) is 3.55. The molecule has 0 amide bonds. The standard InChI is InChI=1S/C17H11N3O2S3/c21-20(22)13-6-7-14-15(8-13)25-17(19-14)24-10-12-9-23-16(18-12)11-4-2-1-3-5-11/h1-9H,10H2. The SMILES string of the molecule is O=[N+]([O-])c1ccc2nc(SCc3csc(-c4ccccc4)n3)sc2c1. The van der Waals surface area contributed by atoms with Crippen molar-refractivity contribution < 1.29 is 4.92 Å². The second kappa shape index (κ2) is 6.91. The van der Waals surface area contributed by atoms with E-state index >= 15 is 0 Å². The molecule has 0 fully saturated rings. The van der Waals surface area contributed by atoms with Crippen LogP contribution in [0, 0.1) is 10.1 Å². The highest BCUT2D eigenvalue weighted by molar-refractivity contribution is 8.00. The van der Waals surface area contributed by atoms with Gasteiger partial charge in [0.15, 0.2) is 4.34 Å². The summed E-state index contributed by atoms with van der Waals surface area (Å²) in [4.78, 5) is 19.7. The molecule has 0 atom stereocenters. The number of nitrogens with zero attached hydrogens (tertiary/aromatic N) is 3. The van der Waals surface area contributed by atoms with E-state index in [0.29, 0.717) is 0 Å². The minimum atomic E-state index is -0.383. The fraction of sp³-hybridized carbons (Fsp3) is 0.0588. The Morgan fingerprint density at radius 2 is 1.96 bits per heavy atom. The van der Waals surface area contributed by atoms with Crippen molar-refractivity contribution in [3.8, 4) is 10.6 Å². The zero-order chi connectivity index (χ0) is 17.2. The number of nitro benzene ring substituents is 1. The first-order valence-electron chi connectivity index (χ1n) is 7.37. The second-order valence-electron chi connectivity index (χ2n) is 5.19. The van der Waals surface area contributed by atoms with Gasteiger partial charge in [0.25, 0.3) is 5.69 Å². The molecule has 0 saturated heterocycles. The van der Waals surface area contributed by atoms with Crippen LogP contribution in [0.25, 0.3) is 20.8 Å². The van der Waals surface area contributed by atoms with E-state index < -0.39 is 0 Å². The van der Waals surface area contributed by atoms with Crippen LogP contribution in [0.1, 0.15) is 5.69 Å². The van der Waals surface area contributed by atoms with Crippen LogP contribution in [0.15, 0.2) is 58.3 Å². The summed E-state index contributed by atoms with van der Waals surface area (Å²) in [6.45, 7) is 0. The molecule has 2 aromatic carbocycles. The van der Waals surface area contributed by atoms with Crippen molar-refractivity contribution in [3.05, 3.63) is 69.7 Å². The maximum absolute atomic E-state index is 10.9. The van der Waals surface area contributed by atoms with Crippen molar-refractivity contribution in [3.63, 3.8) is 0 Å². The predicted molar refractivity (Wildman–Crippen MR) is 103 cm³/mol. The Bertz CT molecular complexity index is 1040. The average molecular weight is 385 g/mol. The van der Waals surface area contributed by atoms with E-state index in [-0.39, 0.29) is 10.6 Å². The second-order valence-corrected chi connectivity index (χ2v) is 8.30. The van der Waals surface area contributed by atoms with Crippen LogP contribution in [0.3, 0.4) is 0 Å². The quantitative estimate of drug-likeness (QED) is 0.253. The summed E-state index contributed by atoms with van der Waals surface area (Å²) in [6, 6.07) is 14.9. The monoisotopic (exact) mass is 385 g/mol. The largest absolute Gasteiger partial charge is 0.270 e. The molecule has 5 nitrogen and oxygen atoms in total. The molecule has 0 aliphatic rings. The first kappa shape index (κ1) is 16.2. The molecule has 25 heavy (non-hydrogen) atoms. The molecule has 0 aliphatic carbocycles. The van der Waals surface area contributed by atoms with Gasteiger partial charge in [0, 0.05) is 28.8 Å². The smallest absolute Gasteiger partial charge is 0.258 e. The van der Waals surface area contributed by atoms with E-state index in [0.717, 1.165) is 36.6 Å². The molecule has 8 heteroatoms. The first-order chi connectivity index (χ1) is 12.2. The van der Waals surface area contributed by atoms with E-state index in [1.165, 1.54) is 17.4 Å². The number of thiazole rings is 2. The molecule has 4 rings (SSSR count). The summed E-state index contributed by atoms with van der Waals surface area (Å²) < 4.78 is 1.73. The van der Waals surface area contributed by atoms with Crippen LogP contribution >= 0.6 is 34.4 Å². The van der Waals surface area contributed by atoms with Gasteiger partial charge in [-0.1, -0.05) is 42.1 Å². The van der Waals surface area contributed by atoms with Gasteiger partial charge < -0.3 is 0 Å². The third-order valence-electron chi connectivity index (χ3n) is 3.48. The Labute approximate surface area is 155 Å². The maximum atomic E-state index is 10.9. The summed E-state index contributed by atoms with van der Waals surface area (Å²) in [5.41, 5.74) is 3.02. The fourth-order valence-electron chi connectivity index (χ4n) is 2.29. The van der Waals surface area contributed by atoms with Gasteiger partial charge in [-0.3, -0.25) is 10.1 Å². The van der Waals surface area contributed by atoms with Crippen LogP contribution in [0.5, 0.6) is 0 Å². The zero-order valence-corrected chi connectivity index (χ0v) is 15.2. The number of aromatic nitrogens is 2. The van der Waals surface area contributed by atoms with Gasteiger partial charge in [0.05, 0.1) is 20.8 Å². The van der Waals surface area contributed by atoms with E-state index in [4.69, 9.17) is 0 Å². The lowest BCUT2D eigenvalue weighted by Crippen LogP contribution is -1.85. The number of benzene rings is 2. The summed E-state index contributed by atoms with van der Waals surface area (Å²) in [5, 5.41) is 13.9. The van der Waals surface area contributed by atoms with E-state index in [1.807, 2.05) is 18.2 Å². The highest BCUT2D eigenvalue weighted by atomic mass is 32.2. The van der Waals surface area contributed by atoms with Crippen molar-refractivity contribution in [2.45, 2.75) is 10.1 Å². The van der Waals surface area contributed by atoms with Crippen molar-refractivity contribution in [2.24, 2.45) is 0 Å². The van der Waals surface area contributed by atoms with Crippen LogP contribution in [0.4, 0.5) is 5.69 Å². The van der Waals surface area contributed by atoms with E-state index in [9.17, 15) is 10.1 Å². The van der Waals surface area contributed by atoms with Gasteiger partial charge in [-0.15, -0.1) is 22.7 Å². The highest BCUT2D eigenvalue weighted by Gasteiger charge is 2.11. The van der Waals surface area contributed by atoms with Crippen LogP contribution in [-0.2, 0) is 5.75 Å². The Kier molecular flexibility index (Phi) is 4.48. The molecule has 0 radical (unpaired) electrons. The van der Waals surface area contributed by atoms with Crippen molar-refractivity contribution >= 4 is 50.3 Å². The molecule has 0 bridgehead atoms. The molecular weight excluding hydrogens is 374 g/mol. The predicted octanol–water partition coefficient (Wildman–Crippen LogP) is 5.62. The minimum Gasteiger partial charge on any atom is -0.258 e. The molecular formula is C17H11N3O2S3. The Morgan fingerprint density at radius 3 is 2.76 bits per heavy atom. The lowest BCUT2D eigenvalue weighted by molar-refractivity contribution is -0.384. The van der Waals surface area contributed by atoms with Crippen LogP contribution < -0.4 is 0 Å². The molecule has 0 saturated carbocycles. The lowest BCUT2D eigenvalue weighted by Gasteiger charge is -1.95. The number of thioether (sulfide) groups is 1. The van der Waals surface area contributed by atoms with Gasteiger partial charge in [0.2, 0.25) is 0 Å². The summed E-state index contributed by atoms with van der Waals surface area (Å²) in [7, 11) is 0. The van der Waals surface area contributed by atoms with Crippen LogP contribution in [0.2, 0.25) is 0 Å². The molecule has 4 aromatic rings. The Balaban J connectivity index is 1.49. The number of hydrogen-bond donors (Lipinski definition) is 0. The molecule has 0 aliphatic heterocycles. The molecule has 0 unspecified atom stereocenters. The van der Waals surface area contributed by atoms with Gasteiger partial charge in [-0.25, -0.2) is 9.97 Å². The van der Waals surface area contributed by atoms with Gasteiger partial charge >= 0.3 is 0 Å². The van der Waals surface area contributed by atoms with Crippen molar-refractivity contribution in [2.75, 3.05) is 0 Å². The lowest BCUT2D eigenvalue weighted by atomic mass is 10.2. The molecule has 124 valence electrons. The topological polar surface area (TPSA) is 68.9 Å². The third-order valence-corrected chi connectivity index (χ3v) is 6.61. The molecule has 0 spiro atoms. The summed E-state index contributed by atoms with van der Waals surface area (Å²) >= 11 is 4.71. The Hall–Kier alpha value is -2.29. The van der Waals surface area contributed by atoms with Crippen LogP contribution in [-0.4, -0.2) is 14.9 Å². The summed E-state index contributed by atoms with van der Waals surface area (Å²) in [5.74, 6) is 0.727. The normalized spacial score (nSPS) is 11.0. The number of rotatable bonds is 5. The molecule has 2 aromatic heterocycles.